The second-order valence-corrected chi connectivity index (χ2v) is 7.22. The summed E-state index contributed by atoms with van der Waals surface area (Å²) in [5, 5.41) is 9.12. The summed E-state index contributed by atoms with van der Waals surface area (Å²) in [5.74, 6) is 1.48. The Morgan fingerprint density at radius 3 is 2.23 bits per heavy atom. The zero-order valence-electron chi connectivity index (χ0n) is 17.3. The summed E-state index contributed by atoms with van der Waals surface area (Å²) in [7, 11) is 0. The molecule has 4 rings (SSSR count). The molecule has 1 aromatic heterocycles. The van der Waals surface area contributed by atoms with Gasteiger partial charge in [-0.25, -0.2) is 4.85 Å². The third-order valence-corrected chi connectivity index (χ3v) is 5.22. The summed E-state index contributed by atoms with van der Waals surface area (Å²) in [4.78, 5) is 3.79. The standard InChI is InChI=1S/C25H21N4.Ir/c1-16-11-9-10-14-21(16)25-28-27-24(20-12-7-6-8-13-20)29(25)23-18(3)15-17(2)22(26-5)19(23)4;/h6-12,14-15H,1-4H3;/q-1;. The van der Waals surface area contributed by atoms with Crippen LogP contribution in [0, 0.1) is 40.3 Å². The first-order chi connectivity index (χ1) is 14.0. The van der Waals surface area contributed by atoms with Gasteiger partial charge in [-0.3, -0.25) is 0 Å². The van der Waals surface area contributed by atoms with Gasteiger partial charge in [0.15, 0.2) is 11.5 Å². The fourth-order valence-corrected chi connectivity index (χ4v) is 3.88. The summed E-state index contributed by atoms with van der Waals surface area (Å²) in [6.07, 6.45) is 0. The van der Waals surface area contributed by atoms with Crippen molar-refractivity contribution in [3.63, 3.8) is 0 Å². The third kappa shape index (κ3) is 3.61. The smallest absolute Gasteiger partial charge is 0.195 e. The molecule has 0 spiro atoms. The Kier molecular flexibility index (Phi) is 6.31. The zero-order chi connectivity index (χ0) is 20.5. The summed E-state index contributed by atoms with van der Waals surface area (Å²) in [6.45, 7) is 15.8. The summed E-state index contributed by atoms with van der Waals surface area (Å²) < 4.78 is 2.08. The number of aryl methyl sites for hydroxylation is 3. The third-order valence-electron chi connectivity index (χ3n) is 5.22. The van der Waals surface area contributed by atoms with Crippen LogP contribution in [0.1, 0.15) is 22.3 Å². The summed E-state index contributed by atoms with van der Waals surface area (Å²) in [5.41, 5.74) is 7.64. The predicted octanol–water partition coefficient (Wildman–Crippen LogP) is 6.18. The Morgan fingerprint density at radius 2 is 1.57 bits per heavy atom. The van der Waals surface area contributed by atoms with E-state index in [0.717, 1.165) is 50.7 Å². The van der Waals surface area contributed by atoms with Crippen molar-refractivity contribution in [3.8, 4) is 28.5 Å². The van der Waals surface area contributed by atoms with Crippen molar-refractivity contribution in [2.75, 3.05) is 0 Å². The Morgan fingerprint density at radius 1 is 0.867 bits per heavy atom. The fraction of sp³-hybridized carbons (Fsp3) is 0.160. The average molecular weight is 570 g/mol. The van der Waals surface area contributed by atoms with Gasteiger partial charge in [0.25, 0.3) is 0 Å². The molecule has 30 heavy (non-hydrogen) atoms. The van der Waals surface area contributed by atoms with Crippen LogP contribution in [0.4, 0.5) is 5.69 Å². The van der Waals surface area contributed by atoms with E-state index >= 15 is 0 Å². The first-order valence-electron chi connectivity index (χ1n) is 9.50. The molecule has 0 fully saturated rings. The molecule has 0 aliphatic carbocycles. The minimum atomic E-state index is 0. The van der Waals surface area contributed by atoms with E-state index in [1.54, 1.807) is 0 Å². The van der Waals surface area contributed by atoms with Crippen LogP contribution >= 0.6 is 0 Å². The van der Waals surface area contributed by atoms with Gasteiger partial charge >= 0.3 is 0 Å². The molecule has 3 aromatic carbocycles. The van der Waals surface area contributed by atoms with E-state index in [1.807, 2.05) is 50.2 Å². The molecule has 0 amide bonds. The fourth-order valence-electron chi connectivity index (χ4n) is 3.88. The van der Waals surface area contributed by atoms with Crippen molar-refractivity contribution in [1.29, 1.82) is 0 Å². The van der Waals surface area contributed by atoms with Crippen LogP contribution in [0.15, 0.2) is 54.6 Å². The van der Waals surface area contributed by atoms with E-state index in [-0.39, 0.29) is 20.1 Å². The topological polar surface area (TPSA) is 35.1 Å². The van der Waals surface area contributed by atoms with Gasteiger partial charge in [0.1, 0.15) is 0 Å². The predicted molar refractivity (Wildman–Crippen MR) is 116 cm³/mol. The second-order valence-electron chi connectivity index (χ2n) is 7.22. The molecule has 0 saturated heterocycles. The maximum atomic E-state index is 7.67. The number of hydrogen-bond acceptors (Lipinski definition) is 2. The molecule has 0 aliphatic heterocycles. The van der Waals surface area contributed by atoms with Crippen molar-refractivity contribution in [3.05, 3.63) is 94.3 Å². The van der Waals surface area contributed by atoms with E-state index in [1.165, 1.54) is 0 Å². The molecule has 0 saturated carbocycles. The van der Waals surface area contributed by atoms with Crippen LogP contribution in [0.5, 0.6) is 0 Å². The molecular weight excluding hydrogens is 549 g/mol. The molecule has 0 unspecified atom stereocenters. The summed E-state index contributed by atoms with van der Waals surface area (Å²) in [6, 6.07) is 21.3. The molecule has 4 nitrogen and oxygen atoms in total. The van der Waals surface area contributed by atoms with E-state index < -0.39 is 0 Å². The van der Waals surface area contributed by atoms with E-state index in [9.17, 15) is 0 Å². The number of aromatic nitrogens is 3. The van der Waals surface area contributed by atoms with Crippen LogP contribution in [0.3, 0.4) is 0 Å². The van der Waals surface area contributed by atoms with Gasteiger partial charge in [-0.15, -0.1) is 41.0 Å². The Hall–Kier alpha value is -3.06. The van der Waals surface area contributed by atoms with Gasteiger partial charge < -0.3 is 4.57 Å². The molecule has 0 atom stereocenters. The first-order valence-corrected chi connectivity index (χ1v) is 9.50. The first kappa shape index (κ1) is 21.6. The maximum absolute atomic E-state index is 7.67. The normalized spacial score (nSPS) is 10.4. The molecular formula is C25H21IrN4-. The van der Waals surface area contributed by atoms with Crippen LogP contribution in [-0.2, 0) is 20.1 Å². The molecule has 0 aliphatic rings. The van der Waals surface area contributed by atoms with E-state index in [0.29, 0.717) is 5.69 Å². The van der Waals surface area contributed by atoms with Gasteiger partial charge in [0.2, 0.25) is 0 Å². The second kappa shape index (κ2) is 8.75. The Bertz CT molecular complexity index is 1250. The molecule has 5 heteroatoms. The number of rotatable bonds is 3. The van der Waals surface area contributed by atoms with Crippen molar-refractivity contribution >= 4 is 5.69 Å². The number of benzene rings is 3. The largest absolute Gasteiger partial charge is 0.317 e. The molecule has 0 bridgehead atoms. The van der Waals surface area contributed by atoms with Gasteiger partial charge in [-0.05, 0) is 49.9 Å². The Balaban J connectivity index is 0.00000256. The minimum Gasteiger partial charge on any atom is -0.317 e. The van der Waals surface area contributed by atoms with Crippen LogP contribution in [0.2, 0.25) is 0 Å². The minimum absolute atomic E-state index is 0. The number of hydrogen-bond donors (Lipinski definition) is 0. The Labute approximate surface area is 190 Å². The van der Waals surface area contributed by atoms with Crippen LogP contribution in [-0.4, -0.2) is 14.8 Å². The van der Waals surface area contributed by atoms with Gasteiger partial charge in [-0.1, -0.05) is 30.3 Å². The molecule has 1 radical (unpaired) electrons. The quantitative estimate of drug-likeness (QED) is 0.276. The molecule has 0 N–H and O–H groups in total. The van der Waals surface area contributed by atoms with Crippen LogP contribution in [0.25, 0.3) is 33.3 Å². The molecule has 1 heterocycles. The number of nitrogens with zero attached hydrogens (tertiary/aromatic N) is 4. The average Bonchev–Trinajstić information content (AvgIpc) is 3.13. The van der Waals surface area contributed by atoms with E-state index in [4.69, 9.17) is 6.57 Å². The van der Waals surface area contributed by atoms with Gasteiger partial charge in [-0.2, -0.15) is 5.10 Å². The van der Waals surface area contributed by atoms with Crippen LogP contribution < -0.4 is 0 Å². The van der Waals surface area contributed by atoms with E-state index in [2.05, 4.69) is 57.7 Å². The van der Waals surface area contributed by atoms with Crippen molar-refractivity contribution in [2.24, 2.45) is 0 Å². The summed E-state index contributed by atoms with van der Waals surface area (Å²) >= 11 is 0. The maximum Gasteiger partial charge on any atom is 0.195 e. The molecule has 151 valence electrons. The van der Waals surface area contributed by atoms with Crippen molar-refractivity contribution in [1.82, 2.24) is 14.8 Å². The van der Waals surface area contributed by atoms with Crippen molar-refractivity contribution < 1.29 is 20.1 Å². The monoisotopic (exact) mass is 570 g/mol. The van der Waals surface area contributed by atoms with Crippen molar-refractivity contribution in [2.45, 2.75) is 27.7 Å². The molecule has 4 aromatic rings. The SMILES string of the molecule is [C-]#[N+]c1c(C)cc(C)c(-n2c(-c3[c-]cccc3)nnc2-c2ccccc2C)c1C.[Ir]. The van der Waals surface area contributed by atoms with Gasteiger partial charge in [0, 0.05) is 31.4 Å². The zero-order valence-corrected chi connectivity index (χ0v) is 19.7. The van der Waals surface area contributed by atoms with Gasteiger partial charge in [0.05, 0.1) is 12.4 Å².